The van der Waals surface area contributed by atoms with Crippen LogP contribution in [0.25, 0.3) is 0 Å². The third kappa shape index (κ3) is 3.36. The zero-order chi connectivity index (χ0) is 25.9. The smallest absolute Gasteiger partial charge is 0.321 e. The predicted molar refractivity (Wildman–Crippen MR) is 146 cm³/mol. The summed E-state index contributed by atoms with van der Waals surface area (Å²) in [5, 5.41) is 10.6. The minimum Gasteiger partial charge on any atom is -0.321 e. The summed E-state index contributed by atoms with van der Waals surface area (Å²) in [5.74, 6) is -0.406. The van der Waals surface area contributed by atoms with Crippen LogP contribution in [-0.2, 0) is 0 Å². The second-order valence-corrected chi connectivity index (χ2v) is 10.5. The van der Waals surface area contributed by atoms with Crippen LogP contribution < -0.4 is 9.22 Å². The van der Waals surface area contributed by atoms with Gasteiger partial charge in [0, 0.05) is 40.1 Å². The van der Waals surface area contributed by atoms with Crippen molar-refractivity contribution in [3.8, 4) is 5.75 Å². The third-order valence-corrected chi connectivity index (χ3v) is 7.32. The van der Waals surface area contributed by atoms with Crippen LogP contribution in [0.15, 0.2) is 95.2 Å². The van der Waals surface area contributed by atoms with Crippen molar-refractivity contribution < 1.29 is 14.1 Å². The zero-order valence-corrected chi connectivity index (χ0v) is 22.2. The number of para-hydroxylation sites is 2. The molecule has 6 rings (SSSR count). The van der Waals surface area contributed by atoms with Crippen LogP contribution in [0, 0.1) is 27.7 Å². The highest BCUT2D eigenvalue weighted by molar-refractivity contribution is 5.70. The average molecular weight is 491 g/mol. The maximum atomic E-state index is 7.27. The Kier molecular flexibility index (Phi) is 5.14. The van der Waals surface area contributed by atoms with Crippen LogP contribution in [0.5, 0.6) is 5.75 Å². The summed E-state index contributed by atoms with van der Waals surface area (Å²) in [6.07, 6.45) is 0. The van der Waals surface area contributed by atoms with E-state index in [1.165, 1.54) is 11.1 Å². The summed E-state index contributed by atoms with van der Waals surface area (Å²) in [4.78, 5) is 0. The molecule has 2 aliphatic heterocycles. The fraction of sp³-hybridized carbons (Fsp3) is 0.226. The van der Waals surface area contributed by atoms with Gasteiger partial charge in [0.05, 0.1) is 23.5 Å². The van der Waals surface area contributed by atoms with Gasteiger partial charge in [-0.1, -0.05) is 48.5 Å². The molecule has 0 aromatic heterocycles. The molecule has 6 nitrogen and oxygen atoms in total. The normalized spacial score (nSPS) is 19.4. The third-order valence-electron chi connectivity index (χ3n) is 7.32. The van der Waals surface area contributed by atoms with E-state index in [-0.39, 0.29) is 0 Å². The van der Waals surface area contributed by atoms with Gasteiger partial charge in [0.2, 0.25) is 0 Å². The molecular weight excluding hydrogens is 458 g/mol. The minimum absolute atomic E-state index is 0.345. The van der Waals surface area contributed by atoms with Crippen LogP contribution in [-0.4, -0.2) is 29.5 Å². The first-order valence-electron chi connectivity index (χ1n) is 12.6. The summed E-state index contributed by atoms with van der Waals surface area (Å²) < 4.78 is 11.6. The van der Waals surface area contributed by atoms with Gasteiger partial charge in [0.15, 0.2) is 22.8 Å². The molecule has 0 saturated carbocycles. The quantitative estimate of drug-likeness (QED) is 0.207. The molecule has 1 spiro atoms. The molecule has 4 aromatic carbocycles. The van der Waals surface area contributed by atoms with Crippen molar-refractivity contribution in [1.82, 2.24) is 4.48 Å². The first-order valence-corrected chi connectivity index (χ1v) is 12.6. The molecule has 2 heterocycles. The van der Waals surface area contributed by atoms with Gasteiger partial charge in [-0.2, -0.15) is 0 Å². The largest absolute Gasteiger partial charge is 0.724 e. The van der Waals surface area contributed by atoms with Crippen molar-refractivity contribution >= 4 is 28.4 Å². The number of aryl methyl sites for hydroxylation is 4. The minimum atomic E-state index is -1.18. The van der Waals surface area contributed by atoms with Crippen molar-refractivity contribution in [1.29, 1.82) is 0 Å². The Morgan fingerprint density at radius 3 is 1.70 bits per heavy atom. The van der Waals surface area contributed by atoms with E-state index in [2.05, 4.69) is 90.3 Å². The highest BCUT2D eigenvalue weighted by atomic mass is 16.6. The second-order valence-electron chi connectivity index (χ2n) is 10.5. The number of benzene rings is 4. The van der Waals surface area contributed by atoms with Gasteiger partial charge in [-0.25, -0.2) is 0 Å². The molecule has 37 heavy (non-hydrogen) atoms. The fourth-order valence-electron chi connectivity index (χ4n) is 5.86. The number of azo groups is 4. The average Bonchev–Trinajstić information content (AvgIpc) is 2.86. The second kappa shape index (κ2) is 8.18. The van der Waals surface area contributed by atoms with Crippen LogP contribution in [0.4, 0.5) is 28.4 Å². The molecule has 0 saturated heterocycles. The first-order chi connectivity index (χ1) is 17.7. The van der Waals surface area contributed by atoms with E-state index in [0.717, 1.165) is 45.3 Å². The van der Waals surface area contributed by atoms with Crippen LogP contribution in [0.1, 0.15) is 22.3 Å². The Bertz CT molecular complexity index is 1550. The van der Waals surface area contributed by atoms with Gasteiger partial charge in [-0.15, -0.1) is 4.48 Å². The van der Waals surface area contributed by atoms with E-state index in [1.54, 1.807) is 0 Å². The van der Waals surface area contributed by atoms with Crippen molar-refractivity contribution in [2.24, 2.45) is 10.2 Å². The van der Waals surface area contributed by atoms with E-state index >= 15 is 0 Å². The molecular formula is C31H32N5O+3. The van der Waals surface area contributed by atoms with Crippen molar-refractivity contribution in [2.45, 2.75) is 33.7 Å². The molecule has 1 unspecified atom stereocenters. The fourth-order valence-corrected chi connectivity index (χ4v) is 5.86. The van der Waals surface area contributed by atoms with E-state index in [9.17, 15) is 0 Å². The topological polar surface area (TPSA) is 40.0 Å². The SMILES string of the molecule is Cc1cc(C)c2c(c1)N=[N+](c1ccccc1)C1(O2)[N+](c2ccccc2)=Nc2cc(C)cc(C)c2[N+]1(C)C. The highest BCUT2D eigenvalue weighted by Crippen LogP contribution is 2.53. The van der Waals surface area contributed by atoms with Crippen molar-refractivity contribution in [3.05, 3.63) is 107 Å². The van der Waals surface area contributed by atoms with E-state index in [1.807, 2.05) is 45.8 Å². The standard InChI is InChI=1S/C31H32N5O/c1-21-17-23(3)29-27(19-21)32-34(25-13-9-7-10-14-25)31(36(29,5)6)35(26-15-11-8-12-16-26)33-28-20-22(2)18-24(4)30(28)37-31/h7-20H,1-6H3/q+3. The monoisotopic (exact) mass is 490 g/mol. The van der Waals surface area contributed by atoms with Gasteiger partial charge in [-0.05, 0) is 56.5 Å². The molecule has 0 fully saturated rings. The Morgan fingerprint density at radius 2 is 1.14 bits per heavy atom. The van der Waals surface area contributed by atoms with Gasteiger partial charge < -0.3 is 4.74 Å². The number of fused-ring (bicyclic) bond motifs is 2. The number of quaternary nitrogens is 1. The predicted octanol–water partition coefficient (Wildman–Crippen LogP) is 8.06. The molecule has 0 bridgehead atoms. The molecule has 4 aromatic rings. The van der Waals surface area contributed by atoms with Crippen LogP contribution in [0.3, 0.4) is 0 Å². The van der Waals surface area contributed by atoms with Crippen LogP contribution >= 0.6 is 0 Å². The summed E-state index contributed by atoms with van der Waals surface area (Å²) in [7, 11) is 4.37. The molecule has 0 aliphatic carbocycles. The Labute approximate surface area is 218 Å². The van der Waals surface area contributed by atoms with Crippen LogP contribution in [0.2, 0.25) is 0 Å². The molecule has 184 valence electrons. The Morgan fingerprint density at radius 1 is 0.649 bits per heavy atom. The summed E-state index contributed by atoms with van der Waals surface area (Å²) >= 11 is 0. The van der Waals surface area contributed by atoms with E-state index in [4.69, 9.17) is 15.0 Å². The van der Waals surface area contributed by atoms with Gasteiger partial charge in [0.25, 0.3) is 11.4 Å². The zero-order valence-electron chi connectivity index (χ0n) is 22.2. The molecule has 1 atom stereocenters. The van der Waals surface area contributed by atoms with Crippen molar-refractivity contribution in [2.75, 3.05) is 14.1 Å². The number of ether oxygens (including phenoxy) is 1. The summed E-state index contributed by atoms with van der Waals surface area (Å²) in [6.45, 7) is 8.45. The lowest BCUT2D eigenvalue weighted by Gasteiger charge is -2.39. The van der Waals surface area contributed by atoms with Crippen molar-refractivity contribution in [3.63, 3.8) is 0 Å². The number of rotatable bonds is 2. The summed E-state index contributed by atoms with van der Waals surface area (Å²) in [6, 6.07) is 29.1. The van der Waals surface area contributed by atoms with Gasteiger partial charge >= 0.3 is 5.97 Å². The Balaban J connectivity index is 1.78. The Hall–Kier alpha value is -4.16. The van der Waals surface area contributed by atoms with Gasteiger partial charge in [0.1, 0.15) is 0 Å². The highest BCUT2D eigenvalue weighted by Gasteiger charge is 2.80. The lowest BCUT2D eigenvalue weighted by molar-refractivity contribution is -0.883. The number of hydrogen-bond acceptors (Lipinski definition) is 3. The molecule has 0 N–H and O–H groups in total. The maximum absolute atomic E-state index is 7.27. The molecule has 0 amide bonds. The first kappa shape index (κ1) is 23.3. The molecule has 0 radical (unpaired) electrons. The molecule has 6 heteroatoms. The maximum Gasteiger partial charge on any atom is 0.724 e. The number of hydrogen-bond donors (Lipinski definition) is 0. The van der Waals surface area contributed by atoms with E-state index < -0.39 is 5.97 Å². The lowest BCUT2D eigenvalue weighted by Crippen LogP contribution is -2.75. The van der Waals surface area contributed by atoms with E-state index in [0.29, 0.717) is 4.48 Å². The molecule has 2 aliphatic rings. The number of nitrogens with zero attached hydrogens (tertiary/aromatic N) is 5. The van der Waals surface area contributed by atoms with Gasteiger partial charge in [-0.3, -0.25) is 0 Å². The summed E-state index contributed by atoms with van der Waals surface area (Å²) in [5.41, 5.74) is 9.21. The lowest BCUT2D eigenvalue weighted by atomic mass is 10.0.